The van der Waals surface area contributed by atoms with E-state index >= 15 is 0 Å². The first-order valence-electron chi connectivity index (χ1n) is 4.34. The molecule has 4 heteroatoms. The van der Waals surface area contributed by atoms with Gasteiger partial charge in [0.2, 0.25) is 0 Å². The van der Waals surface area contributed by atoms with E-state index < -0.39 is 0 Å². The average molecular weight is 184 g/mol. The first kappa shape index (κ1) is 7.32. The lowest BCUT2D eigenvalue weighted by molar-refractivity contribution is 0.813. The van der Waals surface area contributed by atoms with Crippen molar-refractivity contribution in [1.82, 2.24) is 14.8 Å². The Morgan fingerprint density at radius 3 is 2.93 bits per heavy atom. The van der Waals surface area contributed by atoms with Crippen molar-refractivity contribution in [2.75, 3.05) is 5.73 Å². The average Bonchev–Trinajstić information content (AvgIpc) is 2.57. The van der Waals surface area contributed by atoms with Gasteiger partial charge in [0.05, 0.1) is 17.4 Å². The fourth-order valence-electron chi connectivity index (χ4n) is 1.63. The fourth-order valence-corrected chi connectivity index (χ4v) is 1.63. The van der Waals surface area contributed by atoms with Gasteiger partial charge in [-0.15, -0.1) is 9.73 Å². The van der Waals surface area contributed by atoms with Crippen molar-refractivity contribution in [3.05, 3.63) is 36.5 Å². The van der Waals surface area contributed by atoms with Gasteiger partial charge in [0.1, 0.15) is 5.52 Å². The van der Waals surface area contributed by atoms with Crippen LogP contribution in [-0.2, 0) is 0 Å². The van der Waals surface area contributed by atoms with Crippen molar-refractivity contribution < 1.29 is 0 Å². The summed E-state index contributed by atoms with van der Waals surface area (Å²) in [5.41, 5.74) is 8.36. The van der Waals surface area contributed by atoms with Gasteiger partial charge >= 0.3 is 0 Å². The first-order chi connectivity index (χ1) is 6.86. The van der Waals surface area contributed by atoms with E-state index in [0.29, 0.717) is 5.69 Å². The third-order valence-corrected chi connectivity index (χ3v) is 2.27. The normalized spacial score (nSPS) is 11.1. The molecule has 0 aliphatic carbocycles. The predicted octanol–water partition coefficient (Wildman–Crippen LogP) is 1.46. The molecule has 0 bridgehead atoms. The van der Waals surface area contributed by atoms with Crippen LogP contribution in [0.2, 0.25) is 0 Å². The van der Waals surface area contributed by atoms with Crippen LogP contribution in [0.3, 0.4) is 0 Å². The summed E-state index contributed by atoms with van der Waals surface area (Å²) in [6, 6.07) is 9.64. The summed E-state index contributed by atoms with van der Waals surface area (Å²) >= 11 is 0. The predicted molar refractivity (Wildman–Crippen MR) is 54.9 cm³/mol. The highest BCUT2D eigenvalue weighted by atomic mass is 15.4. The molecule has 1 aromatic carbocycles. The molecule has 0 aliphatic heterocycles. The fraction of sp³-hybridized carbons (Fsp3) is 0. The number of nitrogens with two attached hydrogens (primary N) is 1. The zero-order chi connectivity index (χ0) is 9.54. The van der Waals surface area contributed by atoms with Crippen LogP contribution in [0.25, 0.3) is 16.4 Å². The Labute approximate surface area is 79.9 Å². The van der Waals surface area contributed by atoms with E-state index in [1.54, 1.807) is 16.9 Å². The Hall–Kier alpha value is -2.10. The lowest BCUT2D eigenvalue weighted by Gasteiger charge is -1.94. The third kappa shape index (κ3) is 0.821. The Morgan fingerprint density at radius 1 is 1.14 bits per heavy atom. The Bertz CT molecular complexity index is 612. The number of aromatic nitrogens is 3. The van der Waals surface area contributed by atoms with Crippen molar-refractivity contribution in [1.29, 1.82) is 0 Å². The maximum atomic E-state index is 5.87. The van der Waals surface area contributed by atoms with Gasteiger partial charge in [-0.1, -0.05) is 18.2 Å². The molecule has 0 atom stereocenters. The van der Waals surface area contributed by atoms with Crippen LogP contribution in [0.5, 0.6) is 0 Å². The van der Waals surface area contributed by atoms with E-state index in [0.717, 1.165) is 16.4 Å². The third-order valence-electron chi connectivity index (χ3n) is 2.27. The standard InChI is InChI=1S/C10H8N4/c11-8-5-6-12-14-10(8)7-3-1-2-4-9(7)13-14/h1-6H,11H2. The van der Waals surface area contributed by atoms with Crippen LogP contribution in [0.1, 0.15) is 0 Å². The topological polar surface area (TPSA) is 56.2 Å². The number of rotatable bonds is 0. The van der Waals surface area contributed by atoms with Gasteiger partial charge in [-0.05, 0) is 12.1 Å². The molecule has 14 heavy (non-hydrogen) atoms. The molecule has 4 nitrogen and oxygen atoms in total. The van der Waals surface area contributed by atoms with Crippen molar-refractivity contribution in [2.45, 2.75) is 0 Å². The van der Waals surface area contributed by atoms with Gasteiger partial charge in [0.15, 0.2) is 0 Å². The summed E-state index contributed by atoms with van der Waals surface area (Å²) in [7, 11) is 0. The Balaban J connectivity index is 2.65. The SMILES string of the molecule is Nc1ccnn2nc3ccccc3c12. The maximum absolute atomic E-state index is 5.87. The van der Waals surface area contributed by atoms with Gasteiger partial charge in [0.25, 0.3) is 0 Å². The van der Waals surface area contributed by atoms with Crippen LogP contribution in [0.15, 0.2) is 36.5 Å². The van der Waals surface area contributed by atoms with Crippen molar-refractivity contribution in [3.8, 4) is 0 Å². The Morgan fingerprint density at radius 2 is 2.00 bits per heavy atom. The highest BCUT2D eigenvalue weighted by Crippen LogP contribution is 2.22. The molecule has 0 saturated heterocycles. The van der Waals surface area contributed by atoms with Crippen molar-refractivity contribution >= 4 is 22.1 Å². The molecule has 0 fully saturated rings. The van der Waals surface area contributed by atoms with Crippen LogP contribution in [0, 0.1) is 0 Å². The summed E-state index contributed by atoms with van der Waals surface area (Å²) < 4.78 is 1.57. The number of hydrogen-bond donors (Lipinski definition) is 1. The molecule has 0 unspecified atom stereocenters. The highest BCUT2D eigenvalue weighted by molar-refractivity contribution is 5.99. The zero-order valence-electron chi connectivity index (χ0n) is 7.38. The van der Waals surface area contributed by atoms with Crippen molar-refractivity contribution in [2.24, 2.45) is 0 Å². The lowest BCUT2D eigenvalue weighted by Crippen LogP contribution is -1.96. The van der Waals surface area contributed by atoms with Crippen LogP contribution in [-0.4, -0.2) is 14.8 Å². The van der Waals surface area contributed by atoms with Gasteiger partial charge in [-0.3, -0.25) is 0 Å². The van der Waals surface area contributed by atoms with Gasteiger partial charge in [-0.2, -0.15) is 5.10 Å². The van der Waals surface area contributed by atoms with Gasteiger partial charge in [0, 0.05) is 5.39 Å². The zero-order valence-corrected chi connectivity index (χ0v) is 7.38. The van der Waals surface area contributed by atoms with Crippen LogP contribution >= 0.6 is 0 Å². The quantitative estimate of drug-likeness (QED) is 0.575. The minimum absolute atomic E-state index is 0.703. The largest absolute Gasteiger partial charge is 0.397 e. The molecule has 0 aliphatic rings. The molecule has 2 aromatic heterocycles. The number of nitrogens with zero attached hydrogens (tertiary/aromatic N) is 3. The second-order valence-electron chi connectivity index (χ2n) is 3.14. The van der Waals surface area contributed by atoms with E-state index in [1.165, 1.54) is 0 Å². The number of anilines is 1. The Kier molecular flexibility index (Phi) is 1.28. The van der Waals surface area contributed by atoms with E-state index in [2.05, 4.69) is 10.2 Å². The lowest BCUT2D eigenvalue weighted by atomic mass is 10.2. The number of fused-ring (bicyclic) bond motifs is 3. The molecule has 68 valence electrons. The molecule has 0 spiro atoms. The molecule has 0 saturated carbocycles. The van der Waals surface area contributed by atoms with Gasteiger partial charge < -0.3 is 5.73 Å². The summed E-state index contributed by atoms with van der Waals surface area (Å²) in [5.74, 6) is 0. The summed E-state index contributed by atoms with van der Waals surface area (Å²) in [4.78, 5) is 0. The molecular formula is C10H8N4. The summed E-state index contributed by atoms with van der Waals surface area (Å²) in [6.45, 7) is 0. The number of benzene rings is 1. The summed E-state index contributed by atoms with van der Waals surface area (Å²) in [5, 5.41) is 9.45. The molecule has 0 radical (unpaired) electrons. The number of hydrogen-bond acceptors (Lipinski definition) is 3. The molecule has 2 N–H and O–H groups in total. The van der Waals surface area contributed by atoms with E-state index in [1.807, 2.05) is 24.3 Å². The maximum Gasteiger partial charge on any atom is 0.118 e. The molecule has 0 amide bonds. The van der Waals surface area contributed by atoms with Crippen LogP contribution in [0.4, 0.5) is 5.69 Å². The highest BCUT2D eigenvalue weighted by Gasteiger charge is 2.06. The van der Waals surface area contributed by atoms with Crippen molar-refractivity contribution in [3.63, 3.8) is 0 Å². The monoisotopic (exact) mass is 184 g/mol. The summed E-state index contributed by atoms with van der Waals surface area (Å²) in [6.07, 6.45) is 1.65. The van der Waals surface area contributed by atoms with E-state index in [-0.39, 0.29) is 0 Å². The second kappa shape index (κ2) is 2.45. The van der Waals surface area contributed by atoms with Crippen LogP contribution < -0.4 is 5.73 Å². The minimum atomic E-state index is 0.703. The smallest absolute Gasteiger partial charge is 0.118 e. The molecular weight excluding hydrogens is 176 g/mol. The minimum Gasteiger partial charge on any atom is -0.397 e. The van der Waals surface area contributed by atoms with Gasteiger partial charge in [-0.25, -0.2) is 0 Å². The molecule has 2 heterocycles. The molecule has 3 rings (SSSR count). The molecule has 3 aromatic rings. The second-order valence-corrected chi connectivity index (χ2v) is 3.14. The number of nitrogen functional groups attached to an aromatic ring is 1. The van der Waals surface area contributed by atoms with E-state index in [4.69, 9.17) is 5.73 Å². The first-order valence-corrected chi connectivity index (χ1v) is 4.34. The van der Waals surface area contributed by atoms with E-state index in [9.17, 15) is 0 Å².